The van der Waals surface area contributed by atoms with E-state index in [0.29, 0.717) is 15.3 Å². The van der Waals surface area contributed by atoms with E-state index in [1.54, 1.807) is 18.2 Å². The summed E-state index contributed by atoms with van der Waals surface area (Å²) < 4.78 is 27.4. The normalized spacial score (nSPS) is 11.3. The van der Waals surface area contributed by atoms with Gasteiger partial charge in [0.25, 0.3) is 10.0 Å². The SMILES string of the molecule is Cc1ccc(S(=O)(=O)Nc2ccc(Br)nc2)cc1Cl. The lowest BCUT2D eigenvalue weighted by Crippen LogP contribution is -2.13. The van der Waals surface area contributed by atoms with Gasteiger partial charge in [0.2, 0.25) is 0 Å². The third-order valence-corrected chi connectivity index (χ3v) is 4.69. The number of aromatic nitrogens is 1. The van der Waals surface area contributed by atoms with Gasteiger partial charge in [0.05, 0.1) is 16.8 Å². The zero-order chi connectivity index (χ0) is 14.0. The van der Waals surface area contributed by atoms with E-state index in [-0.39, 0.29) is 4.90 Å². The second-order valence-electron chi connectivity index (χ2n) is 3.89. The summed E-state index contributed by atoms with van der Waals surface area (Å²) in [6.07, 6.45) is 1.43. The number of nitrogens with one attached hydrogen (secondary N) is 1. The van der Waals surface area contributed by atoms with E-state index < -0.39 is 10.0 Å². The molecule has 19 heavy (non-hydrogen) atoms. The lowest BCUT2D eigenvalue weighted by atomic mass is 10.2. The second-order valence-corrected chi connectivity index (χ2v) is 6.79. The minimum Gasteiger partial charge on any atom is -0.278 e. The molecule has 0 saturated carbocycles. The quantitative estimate of drug-likeness (QED) is 0.850. The molecule has 0 atom stereocenters. The van der Waals surface area contributed by atoms with Crippen molar-refractivity contribution in [3.05, 3.63) is 51.7 Å². The highest BCUT2D eigenvalue weighted by Gasteiger charge is 2.15. The highest BCUT2D eigenvalue weighted by Crippen LogP contribution is 2.22. The molecule has 1 aromatic carbocycles. The van der Waals surface area contributed by atoms with Crippen LogP contribution in [0.5, 0.6) is 0 Å². The van der Waals surface area contributed by atoms with Gasteiger partial charge in [0.15, 0.2) is 0 Å². The molecule has 2 rings (SSSR count). The molecule has 0 unspecified atom stereocenters. The predicted octanol–water partition coefficient (Wildman–Crippen LogP) is 3.61. The number of benzene rings is 1. The standard InChI is InChI=1S/C12H10BrClN2O2S/c1-8-2-4-10(6-11(8)14)19(17,18)16-9-3-5-12(13)15-7-9/h2-7,16H,1H3. The molecule has 0 spiro atoms. The highest BCUT2D eigenvalue weighted by molar-refractivity contribution is 9.10. The van der Waals surface area contributed by atoms with Crippen LogP contribution in [0.2, 0.25) is 5.02 Å². The first-order valence-corrected chi connectivity index (χ1v) is 7.94. The molecule has 0 bridgehead atoms. The van der Waals surface area contributed by atoms with E-state index in [2.05, 4.69) is 25.6 Å². The molecule has 0 saturated heterocycles. The Hall–Kier alpha value is -1.11. The number of hydrogen-bond acceptors (Lipinski definition) is 3. The van der Waals surface area contributed by atoms with E-state index in [9.17, 15) is 8.42 Å². The number of hydrogen-bond donors (Lipinski definition) is 1. The zero-order valence-corrected chi connectivity index (χ0v) is 13.1. The van der Waals surface area contributed by atoms with Gasteiger partial charge in [0, 0.05) is 5.02 Å². The number of sulfonamides is 1. The van der Waals surface area contributed by atoms with E-state index in [1.807, 2.05) is 6.92 Å². The number of halogens is 2. The Balaban J connectivity index is 2.32. The average molecular weight is 362 g/mol. The Bertz CT molecular complexity index is 702. The van der Waals surface area contributed by atoms with Crippen molar-refractivity contribution in [3.8, 4) is 0 Å². The molecule has 1 heterocycles. The van der Waals surface area contributed by atoms with E-state index >= 15 is 0 Å². The van der Waals surface area contributed by atoms with Gasteiger partial charge >= 0.3 is 0 Å². The summed E-state index contributed by atoms with van der Waals surface area (Å²) in [6.45, 7) is 1.81. The number of anilines is 1. The molecule has 0 aliphatic rings. The molecule has 0 amide bonds. The topological polar surface area (TPSA) is 59.1 Å². The van der Waals surface area contributed by atoms with Gasteiger partial charge in [-0.25, -0.2) is 13.4 Å². The van der Waals surface area contributed by atoms with Crippen molar-refractivity contribution in [1.29, 1.82) is 0 Å². The summed E-state index contributed by atoms with van der Waals surface area (Å²) >= 11 is 9.11. The van der Waals surface area contributed by atoms with Gasteiger partial charge in [-0.3, -0.25) is 4.72 Å². The first kappa shape index (κ1) is 14.3. The monoisotopic (exact) mass is 360 g/mol. The highest BCUT2D eigenvalue weighted by atomic mass is 79.9. The van der Waals surface area contributed by atoms with Crippen molar-refractivity contribution < 1.29 is 8.42 Å². The summed E-state index contributed by atoms with van der Waals surface area (Å²) in [5, 5.41) is 0.414. The predicted molar refractivity (Wildman–Crippen MR) is 78.9 cm³/mol. The molecule has 4 nitrogen and oxygen atoms in total. The maximum atomic E-state index is 12.1. The summed E-state index contributed by atoms with van der Waals surface area (Å²) in [5.41, 5.74) is 1.21. The van der Waals surface area contributed by atoms with Crippen molar-refractivity contribution in [3.63, 3.8) is 0 Å². The molecule has 0 aliphatic heterocycles. The summed E-state index contributed by atoms with van der Waals surface area (Å²) in [5.74, 6) is 0. The Labute approximate surface area is 125 Å². The fraction of sp³-hybridized carbons (Fsp3) is 0.0833. The smallest absolute Gasteiger partial charge is 0.261 e. The second kappa shape index (κ2) is 5.48. The van der Waals surface area contributed by atoms with Crippen molar-refractivity contribution in [2.24, 2.45) is 0 Å². The van der Waals surface area contributed by atoms with Crippen LogP contribution in [0.15, 0.2) is 46.0 Å². The summed E-state index contributed by atoms with van der Waals surface area (Å²) in [7, 11) is -3.66. The Morgan fingerprint density at radius 1 is 1.26 bits per heavy atom. The summed E-state index contributed by atoms with van der Waals surface area (Å²) in [6, 6.07) is 7.86. The third kappa shape index (κ3) is 3.46. The number of nitrogens with zero attached hydrogens (tertiary/aromatic N) is 1. The first-order valence-electron chi connectivity index (χ1n) is 5.29. The minimum absolute atomic E-state index is 0.117. The Morgan fingerprint density at radius 3 is 2.58 bits per heavy atom. The Morgan fingerprint density at radius 2 is 2.00 bits per heavy atom. The van der Waals surface area contributed by atoms with Gasteiger partial charge in [-0.2, -0.15) is 0 Å². The van der Waals surface area contributed by atoms with Crippen LogP contribution in [0.1, 0.15) is 5.56 Å². The fourth-order valence-corrected chi connectivity index (χ4v) is 2.94. The molecular weight excluding hydrogens is 352 g/mol. The molecule has 7 heteroatoms. The third-order valence-electron chi connectivity index (χ3n) is 2.43. The van der Waals surface area contributed by atoms with Gasteiger partial charge in [-0.05, 0) is 52.7 Å². The maximum absolute atomic E-state index is 12.1. The van der Waals surface area contributed by atoms with Crippen LogP contribution in [0.25, 0.3) is 0 Å². The van der Waals surface area contributed by atoms with Crippen molar-refractivity contribution in [2.75, 3.05) is 4.72 Å². The lowest BCUT2D eigenvalue weighted by molar-refractivity contribution is 0.601. The van der Waals surface area contributed by atoms with Gasteiger partial charge in [-0.15, -0.1) is 0 Å². The van der Waals surface area contributed by atoms with Crippen LogP contribution in [-0.4, -0.2) is 13.4 Å². The van der Waals surface area contributed by atoms with E-state index in [1.165, 1.54) is 18.3 Å². The van der Waals surface area contributed by atoms with Crippen LogP contribution in [-0.2, 0) is 10.0 Å². The van der Waals surface area contributed by atoms with Gasteiger partial charge < -0.3 is 0 Å². The van der Waals surface area contributed by atoms with Gasteiger partial charge in [-0.1, -0.05) is 17.7 Å². The molecule has 0 radical (unpaired) electrons. The van der Waals surface area contributed by atoms with Gasteiger partial charge in [0.1, 0.15) is 4.60 Å². The molecule has 1 N–H and O–H groups in total. The van der Waals surface area contributed by atoms with Crippen LogP contribution in [0, 0.1) is 6.92 Å². The molecule has 100 valence electrons. The number of pyridine rings is 1. The molecule has 1 aromatic heterocycles. The van der Waals surface area contributed by atoms with Crippen molar-refractivity contribution in [1.82, 2.24) is 4.98 Å². The van der Waals surface area contributed by atoms with Crippen LogP contribution >= 0.6 is 27.5 Å². The molecule has 0 fully saturated rings. The molecule has 2 aromatic rings. The summed E-state index contributed by atoms with van der Waals surface area (Å²) in [4.78, 5) is 4.07. The molecular formula is C12H10BrClN2O2S. The maximum Gasteiger partial charge on any atom is 0.261 e. The fourth-order valence-electron chi connectivity index (χ4n) is 1.39. The van der Waals surface area contributed by atoms with Crippen LogP contribution in [0.4, 0.5) is 5.69 Å². The van der Waals surface area contributed by atoms with E-state index in [0.717, 1.165) is 5.56 Å². The van der Waals surface area contributed by atoms with Crippen molar-refractivity contribution >= 4 is 43.2 Å². The average Bonchev–Trinajstić information content (AvgIpc) is 2.35. The largest absolute Gasteiger partial charge is 0.278 e. The number of aryl methyl sites for hydroxylation is 1. The van der Waals surface area contributed by atoms with Crippen molar-refractivity contribution in [2.45, 2.75) is 11.8 Å². The van der Waals surface area contributed by atoms with Crippen LogP contribution < -0.4 is 4.72 Å². The minimum atomic E-state index is -3.66. The zero-order valence-electron chi connectivity index (χ0n) is 9.89. The van der Waals surface area contributed by atoms with E-state index in [4.69, 9.17) is 11.6 Å². The number of rotatable bonds is 3. The lowest BCUT2D eigenvalue weighted by Gasteiger charge is -2.08. The Kier molecular flexibility index (Phi) is 4.13. The molecule has 0 aliphatic carbocycles. The first-order chi connectivity index (χ1) is 8.88. The van der Waals surface area contributed by atoms with Crippen LogP contribution in [0.3, 0.4) is 0 Å².